The fraction of sp³-hybridized carbons (Fsp3) is 0.263. The van der Waals surface area contributed by atoms with Crippen molar-refractivity contribution in [1.29, 1.82) is 0 Å². The van der Waals surface area contributed by atoms with E-state index in [9.17, 15) is 9.90 Å². The number of fused-ring (bicyclic) bond motifs is 1. The number of hydrogen-bond acceptors (Lipinski definition) is 4. The van der Waals surface area contributed by atoms with E-state index < -0.39 is 6.10 Å². The molecule has 0 amide bonds. The molecule has 2 aromatic carbocycles. The number of aliphatic hydroxyl groups excluding tert-OH is 1. The molecule has 0 aliphatic rings. The van der Waals surface area contributed by atoms with Crippen LogP contribution in [0.15, 0.2) is 59.4 Å². The molecule has 3 atom stereocenters. The van der Waals surface area contributed by atoms with Crippen LogP contribution in [0.4, 0.5) is 0 Å². The summed E-state index contributed by atoms with van der Waals surface area (Å²) in [6.45, 7) is 3.83. The van der Waals surface area contributed by atoms with Crippen molar-refractivity contribution in [3.63, 3.8) is 0 Å². The van der Waals surface area contributed by atoms with Crippen LogP contribution >= 0.6 is 0 Å². The molecule has 3 aromatic rings. The van der Waals surface area contributed by atoms with Gasteiger partial charge in [-0.1, -0.05) is 42.5 Å². The second-order valence-corrected chi connectivity index (χ2v) is 6.00. The number of hydrogen-bond donors (Lipinski definition) is 3. The molecule has 1 aromatic heterocycles. The van der Waals surface area contributed by atoms with Crippen molar-refractivity contribution < 1.29 is 5.11 Å². The summed E-state index contributed by atoms with van der Waals surface area (Å²) in [5.74, 6) is 0.561. The summed E-state index contributed by atoms with van der Waals surface area (Å²) < 4.78 is 0. The standard InChI is InChI=1S/C19H21N3O2/c1-12(17(23)14-8-4-3-5-9-14)20-13(2)18-21-16-11-7-6-10-15(16)19(24)22-18/h3-13,17,20,23H,1-2H3,(H,21,22,24). The number of benzene rings is 2. The lowest BCUT2D eigenvalue weighted by Crippen LogP contribution is -2.35. The summed E-state index contributed by atoms with van der Waals surface area (Å²) in [5, 5.41) is 14.3. The van der Waals surface area contributed by atoms with Gasteiger partial charge in [-0.15, -0.1) is 0 Å². The maximum absolute atomic E-state index is 12.2. The van der Waals surface area contributed by atoms with Gasteiger partial charge in [-0.3, -0.25) is 4.79 Å². The van der Waals surface area contributed by atoms with E-state index in [-0.39, 0.29) is 17.6 Å². The molecule has 3 unspecified atom stereocenters. The van der Waals surface area contributed by atoms with E-state index in [1.165, 1.54) is 0 Å². The Bertz CT molecular complexity index is 876. The molecule has 5 nitrogen and oxygen atoms in total. The van der Waals surface area contributed by atoms with Crippen LogP contribution in [0.5, 0.6) is 0 Å². The molecule has 0 aliphatic heterocycles. The first kappa shape index (κ1) is 16.4. The highest BCUT2D eigenvalue weighted by atomic mass is 16.3. The molecule has 1 heterocycles. The minimum Gasteiger partial charge on any atom is -0.387 e. The van der Waals surface area contributed by atoms with Gasteiger partial charge in [0.1, 0.15) is 5.82 Å². The van der Waals surface area contributed by atoms with Crippen molar-refractivity contribution in [1.82, 2.24) is 15.3 Å². The highest BCUT2D eigenvalue weighted by Gasteiger charge is 2.20. The fourth-order valence-corrected chi connectivity index (χ4v) is 2.81. The number of nitrogens with zero attached hydrogens (tertiary/aromatic N) is 1. The van der Waals surface area contributed by atoms with Gasteiger partial charge in [0.25, 0.3) is 5.56 Å². The number of aromatic nitrogens is 2. The van der Waals surface area contributed by atoms with Gasteiger partial charge >= 0.3 is 0 Å². The number of aliphatic hydroxyl groups is 1. The minimum atomic E-state index is -0.638. The quantitative estimate of drug-likeness (QED) is 0.674. The first-order valence-corrected chi connectivity index (χ1v) is 8.04. The lowest BCUT2D eigenvalue weighted by molar-refractivity contribution is 0.130. The Morgan fingerprint density at radius 2 is 1.71 bits per heavy atom. The summed E-state index contributed by atoms with van der Waals surface area (Å²) in [6.07, 6.45) is -0.638. The average molecular weight is 323 g/mol. The van der Waals surface area contributed by atoms with Gasteiger partial charge in [0.05, 0.1) is 23.0 Å². The minimum absolute atomic E-state index is 0.152. The Morgan fingerprint density at radius 1 is 1.04 bits per heavy atom. The molecular formula is C19H21N3O2. The Balaban J connectivity index is 1.79. The van der Waals surface area contributed by atoms with Gasteiger partial charge in [-0.2, -0.15) is 0 Å². The molecule has 0 bridgehead atoms. The lowest BCUT2D eigenvalue weighted by atomic mass is 10.0. The number of aromatic amines is 1. The maximum atomic E-state index is 12.2. The van der Waals surface area contributed by atoms with Crippen LogP contribution in [0.1, 0.15) is 37.4 Å². The Morgan fingerprint density at radius 3 is 2.46 bits per heavy atom. The molecule has 5 heteroatoms. The van der Waals surface area contributed by atoms with E-state index >= 15 is 0 Å². The van der Waals surface area contributed by atoms with Crippen LogP contribution in [-0.2, 0) is 0 Å². The third-order valence-corrected chi connectivity index (χ3v) is 4.17. The summed E-state index contributed by atoms with van der Waals surface area (Å²) in [7, 11) is 0. The normalized spacial score (nSPS) is 15.1. The van der Waals surface area contributed by atoms with Crippen LogP contribution in [0.2, 0.25) is 0 Å². The number of rotatable bonds is 5. The van der Waals surface area contributed by atoms with Gasteiger partial charge in [-0.25, -0.2) is 4.98 Å². The second-order valence-electron chi connectivity index (χ2n) is 6.00. The number of para-hydroxylation sites is 1. The van der Waals surface area contributed by atoms with Crippen molar-refractivity contribution in [2.45, 2.75) is 32.0 Å². The van der Waals surface area contributed by atoms with Crippen molar-refractivity contribution >= 4 is 10.9 Å². The van der Waals surface area contributed by atoms with Gasteiger partial charge in [0.2, 0.25) is 0 Å². The molecule has 0 spiro atoms. The summed E-state index contributed by atoms with van der Waals surface area (Å²) in [6, 6.07) is 16.4. The van der Waals surface area contributed by atoms with Crippen molar-refractivity contribution in [3.05, 3.63) is 76.3 Å². The highest BCUT2D eigenvalue weighted by molar-refractivity contribution is 5.77. The number of H-pyrrole nitrogens is 1. The first-order valence-electron chi connectivity index (χ1n) is 8.04. The molecule has 0 saturated carbocycles. The summed E-state index contributed by atoms with van der Waals surface area (Å²) in [5.41, 5.74) is 1.37. The largest absolute Gasteiger partial charge is 0.387 e. The molecule has 0 aliphatic carbocycles. The Labute approximate surface area is 140 Å². The topological polar surface area (TPSA) is 78.0 Å². The average Bonchev–Trinajstić information content (AvgIpc) is 2.61. The third-order valence-electron chi connectivity index (χ3n) is 4.17. The van der Waals surface area contributed by atoms with Crippen LogP contribution in [-0.4, -0.2) is 21.1 Å². The molecule has 3 N–H and O–H groups in total. The van der Waals surface area contributed by atoms with Crippen molar-refractivity contribution in [2.24, 2.45) is 0 Å². The molecule has 24 heavy (non-hydrogen) atoms. The third kappa shape index (κ3) is 3.37. The highest BCUT2D eigenvalue weighted by Crippen LogP contribution is 2.19. The molecule has 0 fully saturated rings. The van der Waals surface area contributed by atoms with E-state index in [0.29, 0.717) is 16.7 Å². The molecule has 3 rings (SSSR count). The predicted molar refractivity (Wildman–Crippen MR) is 94.8 cm³/mol. The van der Waals surface area contributed by atoms with Crippen LogP contribution in [0.3, 0.4) is 0 Å². The lowest BCUT2D eigenvalue weighted by Gasteiger charge is -2.24. The fourth-order valence-electron chi connectivity index (χ4n) is 2.81. The maximum Gasteiger partial charge on any atom is 0.258 e. The zero-order valence-electron chi connectivity index (χ0n) is 13.7. The predicted octanol–water partition coefficient (Wildman–Crippen LogP) is 2.70. The van der Waals surface area contributed by atoms with Gasteiger partial charge in [0, 0.05) is 6.04 Å². The zero-order valence-corrected chi connectivity index (χ0v) is 13.7. The van der Waals surface area contributed by atoms with E-state index in [2.05, 4.69) is 15.3 Å². The van der Waals surface area contributed by atoms with Crippen LogP contribution in [0.25, 0.3) is 10.9 Å². The second kappa shape index (κ2) is 6.95. The monoisotopic (exact) mass is 323 g/mol. The Kier molecular flexibility index (Phi) is 4.74. The summed E-state index contributed by atoms with van der Waals surface area (Å²) >= 11 is 0. The number of nitrogens with one attached hydrogen (secondary N) is 2. The van der Waals surface area contributed by atoms with Gasteiger partial charge < -0.3 is 15.4 Å². The van der Waals surface area contributed by atoms with E-state index in [0.717, 1.165) is 5.56 Å². The molecule has 0 saturated heterocycles. The van der Waals surface area contributed by atoms with E-state index in [1.54, 1.807) is 6.07 Å². The van der Waals surface area contributed by atoms with Crippen molar-refractivity contribution in [3.8, 4) is 0 Å². The van der Waals surface area contributed by atoms with E-state index in [1.807, 2.05) is 62.4 Å². The van der Waals surface area contributed by atoms with Crippen LogP contribution < -0.4 is 10.9 Å². The van der Waals surface area contributed by atoms with Gasteiger partial charge in [-0.05, 0) is 31.5 Å². The Hall–Kier alpha value is -2.50. The van der Waals surface area contributed by atoms with Gasteiger partial charge in [0.15, 0.2) is 0 Å². The van der Waals surface area contributed by atoms with Crippen LogP contribution in [0, 0.1) is 0 Å². The molecule has 124 valence electrons. The molecular weight excluding hydrogens is 302 g/mol. The SMILES string of the molecule is CC(NC(C)C(O)c1ccccc1)c1nc2ccccc2c(=O)[nH]1. The van der Waals surface area contributed by atoms with E-state index in [4.69, 9.17) is 0 Å². The first-order chi connectivity index (χ1) is 11.6. The van der Waals surface area contributed by atoms with Crippen molar-refractivity contribution in [2.75, 3.05) is 0 Å². The molecule has 0 radical (unpaired) electrons. The zero-order chi connectivity index (χ0) is 17.1. The summed E-state index contributed by atoms with van der Waals surface area (Å²) in [4.78, 5) is 19.5. The smallest absolute Gasteiger partial charge is 0.258 e.